The first-order valence-electron chi connectivity index (χ1n) is 37.1. The zero-order chi connectivity index (χ0) is 58.5. The largest absolute Gasteiger partial charge is 0.466 e. The number of aliphatic hydroxyl groups excluding tert-OH is 2. The zero-order valence-electron chi connectivity index (χ0n) is 55.0. The summed E-state index contributed by atoms with van der Waals surface area (Å²) < 4.78 is 5.50. The minimum atomic E-state index is -0.844. The van der Waals surface area contributed by atoms with Gasteiger partial charge in [-0.3, -0.25) is 9.59 Å². The van der Waals surface area contributed by atoms with Crippen LogP contribution in [0, 0.1) is 0 Å². The second kappa shape index (κ2) is 70.8. The molecule has 0 rings (SSSR count). The molecule has 0 heterocycles. The van der Waals surface area contributed by atoms with E-state index in [1.54, 1.807) is 6.08 Å². The fourth-order valence-electron chi connectivity index (χ4n) is 11.8. The van der Waals surface area contributed by atoms with Crippen LogP contribution in [0.5, 0.6) is 0 Å². The summed E-state index contributed by atoms with van der Waals surface area (Å²) in [6.07, 6.45) is 89.8. The molecule has 0 aromatic carbocycles. The maximum absolute atomic E-state index is 12.5. The van der Waals surface area contributed by atoms with Crippen molar-refractivity contribution in [2.45, 2.75) is 431 Å². The standard InChI is InChI=1S/C75H145NO5/c1-3-5-7-9-11-13-15-17-19-21-22-23-30-33-36-39-43-47-51-55-59-63-67-73(78)72(71-77)76-74(79)68-64-60-56-52-48-44-40-37-34-31-28-26-24-25-27-29-32-35-38-42-46-50-54-58-62-66-70-81-75(80)69-65-61-57-53-49-45-41-20-18-16-14-12-10-8-6-4-2/h20,41,63,67,72-73,77-78H,3-19,21-40,42-62,64-66,68-71H2,1-2H3,(H,76,79)/b41-20-,67-63+. The van der Waals surface area contributed by atoms with E-state index in [1.807, 2.05) is 6.08 Å². The molecule has 6 heteroatoms. The van der Waals surface area contributed by atoms with E-state index >= 15 is 0 Å². The predicted octanol–water partition coefficient (Wildman–Crippen LogP) is 24.1. The Morgan fingerprint density at radius 2 is 0.580 bits per heavy atom. The van der Waals surface area contributed by atoms with Crippen molar-refractivity contribution < 1.29 is 24.5 Å². The molecule has 1 amide bonds. The Bertz CT molecular complexity index is 1270. The van der Waals surface area contributed by atoms with Crippen molar-refractivity contribution in [2.24, 2.45) is 0 Å². The smallest absolute Gasteiger partial charge is 0.305 e. The van der Waals surface area contributed by atoms with Crippen molar-refractivity contribution in [3.05, 3.63) is 24.3 Å². The van der Waals surface area contributed by atoms with Crippen LogP contribution >= 0.6 is 0 Å². The molecule has 0 radical (unpaired) electrons. The van der Waals surface area contributed by atoms with E-state index in [1.165, 1.54) is 347 Å². The predicted molar refractivity (Wildman–Crippen MR) is 356 cm³/mol. The molecule has 0 saturated heterocycles. The lowest BCUT2D eigenvalue weighted by Crippen LogP contribution is -2.45. The summed E-state index contributed by atoms with van der Waals surface area (Å²) in [5.74, 6) is -0.0508. The van der Waals surface area contributed by atoms with E-state index in [-0.39, 0.29) is 18.5 Å². The van der Waals surface area contributed by atoms with Gasteiger partial charge in [-0.05, 0) is 57.8 Å². The first-order valence-corrected chi connectivity index (χ1v) is 37.1. The number of hydrogen-bond acceptors (Lipinski definition) is 5. The van der Waals surface area contributed by atoms with E-state index in [2.05, 4.69) is 31.3 Å². The minimum absolute atomic E-state index is 0.0104. The first kappa shape index (κ1) is 79.3. The fraction of sp³-hybridized carbons (Fsp3) is 0.920. The van der Waals surface area contributed by atoms with Crippen LogP contribution in [-0.4, -0.2) is 47.4 Å². The zero-order valence-corrected chi connectivity index (χ0v) is 55.0. The summed E-state index contributed by atoms with van der Waals surface area (Å²) in [6.45, 7) is 4.94. The second-order valence-corrected chi connectivity index (χ2v) is 25.6. The molecular weight excluding hydrogens is 995 g/mol. The topological polar surface area (TPSA) is 95.9 Å². The Labute approximate surface area is 507 Å². The number of carbonyl (C=O) groups is 2. The maximum atomic E-state index is 12.5. The molecule has 0 aliphatic heterocycles. The highest BCUT2D eigenvalue weighted by Gasteiger charge is 2.18. The highest BCUT2D eigenvalue weighted by molar-refractivity contribution is 5.76. The van der Waals surface area contributed by atoms with Crippen molar-refractivity contribution in [1.29, 1.82) is 0 Å². The summed E-state index contributed by atoms with van der Waals surface area (Å²) in [6, 6.07) is -0.627. The van der Waals surface area contributed by atoms with Crippen LogP contribution in [0.4, 0.5) is 0 Å². The van der Waals surface area contributed by atoms with Crippen molar-refractivity contribution in [2.75, 3.05) is 13.2 Å². The van der Waals surface area contributed by atoms with Crippen molar-refractivity contribution in [1.82, 2.24) is 5.32 Å². The van der Waals surface area contributed by atoms with Crippen LogP contribution in [0.1, 0.15) is 418 Å². The summed E-state index contributed by atoms with van der Waals surface area (Å²) in [4.78, 5) is 24.6. The Balaban J connectivity index is 3.38. The van der Waals surface area contributed by atoms with Crippen LogP contribution in [0.3, 0.4) is 0 Å². The average Bonchev–Trinajstić information content (AvgIpc) is 3.47. The molecule has 0 aliphatic carbocycles. The van der Waals surface area contributed by atoms with E-state index in [0.717, 1.165) is 44.9 Å². The number of ether oxygens (including phenoxy) is 1. The minimum Gasteiger partial charge on any atom is -0.466 e. The number of allylic oxidation sites excluding steroid dienone is 3. The van der Waals surface area contributed by atoms with Gasteiger partial charge in [-0.1, -0.05) is 372 Å². The van der Waals surface area contributed by atoms with E-state index in [0.29, 0.717) is 19.4 Å². The second-order valence-electron chi connectivity index (χ2n) is 25.6. The highest BCUT2D eigenvalue weighted by atomic mass is 16.5. The van der Waals surface area contributed by atoms with Gasteiger partial charge in [-0.2, -0.15) is 0 Å². The molecule has 0 aromatic rings. The lowest BCUT2D eigenvalue weighted by molar-refractivity contribution is -0.143. The van der Waals surface area contributed by atoms with E-state index in [4.69, 9.17) is 4.74 Å². The number of unbranched alkanes of at least 4 members (excludes halogenated alkanes) is 57. The van der Waals surface area contributed by atoms with Gasteiger partial charge in [0.25, 0.3) is 0 Å². The van der Waals surface area contributed by atoms with Crippen molar-refractivity contribution in [3.63, 3.8) is 0 Å². The molecule has 0 bridgehead atoms. The van der Waals surface area contributed by atoms with Crippen molar-refractivity contribution >= 4 is 11.9 Å². The number of hydrogen-bond donors (Lipinski definition) is 3. The van der Waals surface area contributed by atoms with Gasteiger partial charge in [-0.15, -0.1) is 0 Å². The Morgan fingerprint density at radius 3 is 0.877 bits per heavy atom. The Kier molecular flexibility index (Phi) is 69.4. The van der Waals surface area contributed by atoms with Gasteiger partial charge in [0.05, 0.1) is 25.4 Å². The SMILES string of the molecule is CCCCCCCCC/C=C\CCCCCCCC(=O)OCCCCCCCCCCCCCCCCCCCCCCCCCCCCC(=O)NC(CO)C(O)/C=C/CCCCCCCCCCCCCCCCCCCCCC. The van der Waals surface area contributed by atoms with Gasteiger partial charge in [0.1, 0.15) is 0 Å². The molecule has 6 nitrogen and oxygen atoms in total. The third-order valence-electron chi connectivity index (χ3n) is 17.5. The summed E-state index contributed by atoms with van der Waals surface area (Å²) >= 11 is 0. The molecule has 0 saturated carbocycles. The van der Waals surface area contributed by atoms with Crippen molar-refractivity contribution in [3.8, 4) is 0 Å². The van der Waals surface area contributed by atoms with E-state index in [9.17, 15) is 19.8 Å². The quantitative estimate of drug-likeness (QED) is 0.0320. The van der Waals surface area contributed by atoms with Crippen LogP contribution in [-0.2, 0) is 14.3 Å². The number of carbonyl (C=O) groups excluding carboxylic acids is 2. The molecule has 480 valence electrons. The number of rotatable bonds is 70. The van der Waals surface area contributed by atoms with Gasteiger partial charge in [-0.25, -0.2) is 0 Å². The third-order valence-corrected chi connectivity index (χ3v) is 17.5. The average molecular weight is 1140 g/mol. The Hall–Kier alpha value is -1.66. The lowest BCUT2D eigenvalue weighted by Gasteiger charge is -2.20. The monoisotopic (exact) mass is 1140 g/mol. The fourth-order valence-corrected chi connectivity index (χ4v) is 11.8. The summed E-state index contributed by atoms with van der Waals surface area (Å²) in [7, 11) is 0. The van der Waals surface area contributed by atoms with Gasteiger partial charge in [0, 0.05) is 12.8 Å². The Morgan fingerprint density at radius 1 is 0.333 bits per heavy atom. The first-order chi connectivity index (χ1) is 40.0. The molecule has 81 heavy (non-hydrogen) atoms. The maximum Gasteiger partial charge on any atom is 0.305 e. The number of esters is 1. The van der Waals surface area contributed by atoms with Crippen LogP contribution in [0.15, 0.2) is 24.3 Å². The number of amides is 1. The van der Waals surface area contributed by atoms with Crippen LogP contribution in [0.25, 0.3) is 0 Å². The summed E-state index contributed by atoms with van der Waals surface area (Å²) in [5, 5.41) is 23.3. The van der Waals surface area contributed by atoms with E-state index < -0.39 is 12.1 Å². The molecule has 2 unspecified atom stereocenters. The van der Waals surface area contributed by atoms with Gasteiger partial charge < -0.3 is 20.3 Å². The van der Waals surface area contributed by atoms with Crippen LogP contribution < -0.4 is 5.32 Å². The molecule has 0 fully saturated rings. The molecule has 0 aliphatic rings. The lowest BCUT2D eigenvalue weighted by atomic mass is 10.0. The molecule has 0 aromatic heterocycles. The highest BCUT2D eigenvalue weighted by Crippen LogP contribution is 2.19. The number of aliphatic hydroxyl groups is 2. The van der Waals surface area contributed by atoms with Gasteiger partial charge in [0.2, 0.25) is 5.91 Å². The third kappa shape index (κ3) is 67.3. The molecule has 3 N–H and O–H groups in total. The molecule has 0 spiro atoms. The number of nitrogens with one attached hydrogen (secondary N) is 1. The normalized spacial score (nSPS) is 12.6. The van der Waals surface area contributed by atoms with Gasteiger partial charge in [0.15, 0.2) is 0 Å². The summed E-state index contributed by atoms with van der Waals surface area (Å²) in [5.41, 5.74) is 0. The molecular formula is C75H145NO5. The van der Waals surface area contributed by atoms with Crippen LogP contribution in [0.2, 0.25) is 0 Å². The molecule has 2 atom stereocenters. The van der Waals surface area contributed by atoms with Gasteiger partial charge >= 0.3 is 5.97 Å².